The molecule has 1 heterocycles. The minimum absolute atomic E-state index is 0.474. The van der Waals surface area contributed by atoms with Crippen LogP contribution in [-0.4, -0.2) is 75.4 Å². The van der Waals surface area contributed by atoms with Crippen LogP contribution in [0, 0.1) is 5.92 Å². The van der Waals surface area contributed by atoms with E-state index in [0.29, 0.717) is 6.04 Å². The average molecular weight is 271 g/mol. The lowest BCUT2D eigenvalue weighted by atomic mass is 10.2. The van der Waals surface area contributed by atoms with E-state index in [1.807, 2.05) is 0 Å². The number of ether oxygens (including phenoxy) is 1. The summed E-state index contributed by atoms with van der Waals surface area (Å²) >= 11 is 0. The largest absolute Gasteiger partial charge is 0.383 e. The van der Waals surface area contributed by atoms with Crippen molar-refractivity contribution in [3.63, 3.8) is 0 Å². The Balaban J connectivity index is 2.25. The summed E-state index contributed by atoms with van der Waals surface area (Å²) in [4.78, 5) is 5.16. The Kier molecular flexibility index (Phi) is 8.62. The Hall–Kier alpha value is -0.160. The molecule has 1 rings (SSSR count). The lowest BCUT2D eigenvalue weighted by Gasteiger charge is -2.37. The van der Waals surface area contributed by atoms with Crippen molar-refractivity contribution in [3.8, 4) is 0 Å². The van der Waals surface area contributed by atoms with E-state index in [9.17, 15) is 0 Å². The Labute approximate surface area is 119 Å². The normalized spacial score (nSPS) is 20.1. The van der Waals surface area contributed by atoms with Gasteiger partial charge >= 0.3 is 0 Å². The van der Waals surface area contributed by atoms with Crippen LogP contribution in [0.3, 0.4) is 0 Å². The molecule has 1 fully saturated rings. The maximum atomic E-state index is 5.32. The molecule has 1 aliphatic rings. The highest BCUT2D eigenvalue weighted by Crippen LogP contribution is 2.06. The van der Waals surface area contributed by atoms with E-state index in [-0.39, 0.29) is 0 Å². The van der Waals surface area contributed by atoms with Crippen LogP contribution in [0.5, 0.6) is 0 Å². The first-order chi connectivity index (χ1) is 9.15. The van der Waals surface area contributed by atoms with E-state index >= 15 is 0 Å². The van der Waals surface area contributed by atoms with Gasteiger partial charge in [-0.25, -0.2) is 0 Å². The third-order valence-electron chi connectivity index (χ3n) is 3.62. The summed E-state index contributed by atoms with van der Waals surface area (Å²) in [5.41, 5.74) is 0. The zero-order valence-electron chi connectivity index (χ0n) is 13.3. The van der Waals surface area contributed by atoms with Crippen LogP contribution in [0.25, 0.3) is 0 Å². The number of methoxy groups -OCH3 is 1. The molecule has 0 aliphatic carbocycles. The summed E-state index contributed by atoms with van der Waals surface area (Å²) in [6, 6.07) is 0.474. The van der Waals surface area contributed by atoms with E-state index in [1.165, 1.54) is 39.1 Å². The van der Waals surface area contributed by atoms with Crippen LogP contribution in [0.2, 0.25) is 0 Å². The Morgan fingerprint density at radius 1 is 1.05 bits per heavy atom. The van der Waals surface area contributed by atoms with Crippen molar-refractivity contribution in [1.29, 1.82) is 0 Å². The molecule has 0 aromatic carbocycles. The molecule has 4 heteroatoms. The zero-order valence-corrected chi connectivity index (χ0v) is 13.3. The van der Waals surface area contributed by atoms with Gasteiger partial charge in [0.05, 0.1) is 6.61 Å². The van der Waals surface area contributed by atoms with E-state index < -0.39 is 0 Å². The molecular formula is C15H33N3O. The molecule has 0 aromatic rings. The van der Waals surface area contributed by atoms with Gasteiger partial charge in [0.15, 0.2) is 0 Å². The molecule has 1 unspecified atom stereocenters. The summed E-state index contributed by atoms with van der Waals surface area (Å²) in [6.45, 7) is 15.9. The van der Waals surface area contributed by atoms with Crippen LogP contribution in [0.1, 0.15) is 27.2 Å². The minimum Gasteiger partial charge on any atom is -0.383 e. The highest BCUT2D eigenvalue weighted by molar-refractivity contribution is 4.77. The maximum absolute atomic E-state index is 5.32. The first-order valence-electron chi connectivity index (χ1n) is 7.82. The van der Waals surface area contributed by atoms with E-state index in [2.05, 4.69) is 35.9 Å². The van der Waals surface area contributed by atoms with Gasteiger partial charge in [-0.3, -0.25) is 4.90 Å². The van der Waals surface area contributed by atoms with Crippen molar-refractivity contribution in [1.82, 2.24) is 15.1 Å². The molecule has 1 saturated heterocycles. The van der Waals surface area contributed by atoms with Gasteiger partial charge in [0, 0.05) is 52.4 Å². The number of hydrogen-bond acceptors (Lipinski definition) is 4. The standard InChI is InChI=1S/C15H33N3O/c1-5-6-16-15(13-19-4)12-18-9-7-17(8-10-18)11-14(2)3/h14-16H,5-13H2,1-4H3. The Morgan fingerprint density at radius 3 is 2.11 bits per heavy atom. The molecule has 0 spiro atoms. The fraction of sp³-hybridized carbons (Fsp3) is 1.00. The molecule has 1 atom stereocenters. The van der Waals surface area contributed by atoms with Crippen LogP contribution >= 0.6 is 0 Å². The lowest BCUT2D eigenvalue weighted by molar-refractivity contribution is 0.0928. The number of hydrogen-bond donors (Lipinski definition) is 1. The van der Waals surface area contributed by atoms with Crippen molar-refractivity contribution >= 4 is 0 Å². The van der Waals surface area contributed by atoms with Gasteiger partial charge in [-0.05, 0) is 18.9 Å². The monoisotopic (exact) mass is 271 g/mol. The third kappa shape index (κ3) is 7.25. The van der Waals surface area contributed by atoms with Gasteiger partial charge in [0.2, 0.25) is 0 Å². The third-order valence-corrected chi connectivity index (χ3v) is 3.62. The molecule has 1 aliphatic heterocycles. The molecule has 114 valence electrons. The number of rotatable bonds is 9. The van der Waals surface area contributed by atoms with Crippen molar-refractivity contribution in [3.05, 3.63) is 0 Å². The molecule has 19 heavy (non-hydrogen) atoms. The summed E-state index contributed by atoms with van der Waals surface area (Å²) in [6.07, 6.45) is 1.18. The molecular weight excluding hydrogens is 238 g/mol. The van der Waals surface area contributed by atoms with Gasteiger partial charge in [-0.15, -0.1) is 0 Å². The van der Waals surface area contributed by atoms with Crippen LogP contribution in [0.4, 0.5) is 0 Å². The molecule has 0 aromatic heterocycles. The second kappa shape index (κ2) is 9.70. The highest BCUT2D eigenvalue weighted by atomic mass is 16.5. The molecule has 0 bridgehead atoms. The minimum atomic E-state index is 0.474. The number of nitrogens with zero attached hydrogens (tertiary/aromatic N) is 2. The number of nitrogens with one attached hydrogen (secondary N) is 1. The fourth-order valence-corrected chi connectivity index (χ4v) is 2.71. The summed E-state index contributed by atoms with van der Waals surface area (Å²) < 4.78 is 5.32. The zero-order chi connectivity index (χ0) is 14.1. The second-order valence-corrected chi connectivity index (χ2v) is 6.10. The Bertz CT molecular complexity index is 215. The SMILES string of the molecule is CCCNC(COC)CN1CCN(CC(C)C)CC1. The highest BCUT2D eigenvalue weighted by Gasteiger charge is 2.20. The van der Waals surface area contributed by atoms with Crippen LogP contribution in [0.15, 0.2) is 0 Å². The lowest BCUT2D eigenvalue weighted by Crippen LogP contribution is -2.52. The van der Waals surface area contributed by atoms with E-state index in [4.69, 9.17) is 4.74 Å². The summed E-state index contributed by atoms with van der Waals surface area (Å²) in [5, 5.41) is 3.58. The van der Waals surface area contributed by atoms with Gasteiger partial charge in [-0.2, -0.15) is 0 Å². The maximum Gasteiger partial charge on any atom is 0.0628 e. The van der Waals surface area contributed by atoms with Gasteiger partial charge in [-0.1, -0.05) is 20.8 Å². The topological polar surface area (TPSA) is 27.7 Å². The smallest absolute Gasteiger partial charge is 0.0628 e. The van der Waals surface area contributed by atoms with Gasteiger partial charge in [0.25, 0.3) is 0 Å². The van der Waals surface area contributed by atoms with Crippen molar-refractivity contribution in [2.45, 2.75) is 33.2 Å². The quantitative estimate of drug-likeness (QED) is 0.683. The number of piperazine rings is 1. The molecule has 1 N–H and O–H groups in total. The summed E-state index contributed by atoms with van der Waals surface area (Å²) in [5.74, 6) is 0.777. The van der Waals surface area contributed by atoms with Gasteiger partial charge < -0.3 is 15.0 Å². The molecule has 0 saturated carbocycles. The van der Waals surface area contributed by atoms with E-state index in [1.54, 1.807) is 7.11 Å². The predicted molar refractivity (Wildman–Crippen MR) is 81.7 cm³/mol. The molecule has 0 radical (unpaired) electrons. The molecule has 4 nitrogen and oxygen atoms in total. The average Bonchev–Trinajstić information content (AvgIpc) is 2.38. The van der Waals surface area contributed by atoms with E-state index in [0.717, 1.165) is 25.6 Å². The Morgan fingerprint density at radius 2 is 1.63 bits per heavy atom. The fourth-order valence-electron chi connectivity index (χ4n) is 2.71. The van der Waals surface area contributed by atoms with Crippen molar-refractivity contribution < 1.29 is 4.74 Å². The van der Waals surface area contributed by atoms with Crippen molar-refractivity contribution in [2.24, 2.45) is 5.92 Å². The first kappa shape index (κ1) is 16.9. The van der Waals surface area contributed by atoms with Gasteiger partial charge in [0.1, 0.15) is 0 Å². The van der Waals surface area contributed by atoms with Crippen LogP contribution < -0.4 is 5.32 Å². The predicted octanol–water partition coefficient (Wildman–Crippen LogP) is 1.27. The van der Waals surface area contributed by atoms with Crippen molar-refractivity contribution in [2.75, 3.05) is 59.5 Å². The second-order valence-electron chi connectivity index (χ2n) is 6.10. The molecule has 0 amide bonds. The first-order valence-corrected chi connectivity index (χ1v) is 7.82. The van der Waals surface area contributed by atoms with Crippen LogP contribution in [-0.2, 0) is 4.74 Å². The summed E-state index contributed by atoms with van der Waals surface area (Å²) in [7, 11) is 1.79.